The van der Waals surface area contributed by atoms with E-state index in [-0.39, 0.29) is 0 Å². The molecule has 0 amide bonds. The minimum Gasteiger partial charge on any atom is -0.302 e. The van der Waals surface area contributed by atoms with Gasteiger partial charge in [-0.25, -0.2) is 0 Å². The smallest absolute Gasteiger partial charge is 0.0170 e. The molecule has 0 spiro atoms. The highest BCUT2D eigenvalue weighted by Crippen LogP contribution is 2.17. The van der Waals surface area contributed by atoms with Gasteiger partial charge in [0.25, 0.3) is 0 Å². The number of piperidine rings is 1. The number of rotatable bonds is 4. The average molecular weight is 252 g/mol. The van der Waals surface area contributed by atoms with Crippen molar-refractivity contribution >= 4 is 27.7 Å². The molecule has 0 aromatic carbocycles. The van der Waals surface area contributed by atoms with Crippen molar-refractivity contribution in [1.82, 2.24) is 4.90 Å². The van der Waals surface area contributed by atoms with Crippen molar-refractivity contribution in [2.45, 2.75) is 24.6 Å². The molecular formula is C9H18BrNS. The van der Waals surface area contributed by atoms with Crippen LogP contribution in [0.3, 0.4) is 0 Å². The molecule has 72 valence electrons. The van der Waals surface area contributed by atoms with E-state index in [0.29, 0.717) is 0 Å². The number of nitrogens with zero attached hydrogens (tertiary/aromatic N) is 1. The molecule has 1 heterocycles. The summed E-state index contributed by atoms with van der Waals surface area (Å²) in [7, 11) is 0. The van der Waals surface area contributed by atoms with Gasteiger partial charge >= 0.3 is 0 Å². The molecule has 0 N–H and O–H groups in total. The standard InChI is InChI=1S/C9H18BrNS/c1-2-12-8-7-11-5-3-9(10)4-6-11/h9H,2-8H2,1H3. The molecule has 0 aromatic heterocycles. The van der Waals surface area contributed by atoms with Gasteiger partial charge in [-0.3, -0.25) is 0 Å². The van der Waals surface area contributed by atoms with Gasteiger partial charge in [0, 0.05) is 17.1 Å². The first kappa shape index (κ1) is 10.9. The van der Waals surface area contributed by atoms with Crippen LogP contribution in [-0.4, -0.2) is 40.9 Å². The lowest BCUT2D eigenvalue weighted by Crippen LogP contribution is -2.35. The second-order valence-corrected chi connectivity index (χ2v) is 5.90. The average Bonchev–Trinajstić information content (AvgIpc) is 2.09. The van der Waals surface area contributed by atoms with Gasteiger partial charge in [0.05, 0.1) is 0 Å². The van der Waals surface area contributed by atoms with Gasteiger partial charge in [-0.05, 0) is 31.7 Å². The van der Waals surface area contributed by atoms with E-state index in [2.05, 4.69) is 27.8 Å². The van der Waals surface area contributed by atoms with E-state index in [1.54, 1.807) is 0 Å². The SMILES string of the molecule is CCSCCN1CCC(Br)CC1. The first-order chi connectivity index (χ1) is 5.83. The fourth-order valence-electron chi connectivity index (χ4n) is 1.46. The third kappa shape index (κ3) is 4.15. The summed E-state index contributed by atoms with van der Waals surface area (Å²) in [6, 6.07) is 0. The predicted octanol–water partition coefficient (Wildman–Crippen LogP) is 2.60. The van der Waals surface area contributed by atoms with E-state index in [4.69, 9.17) is 0 Å². The van der Waals surface area contributed by atoms with Crippen molar-refractivity contribution in [2.75, 3.05) is 31.1 Å². The molecule has 1 aliphatic heterocycles. The molecule has 0 aromatic rings. The maximum Gasteiger partial charge on any atom is 0.0170 e. The summed E-state index contributed by atoms with van der Waals surface area (Å²) in [6.45, 7) is 6.11. The van der Waals surface area contributed by atoms with Crippen molar-refractivity contribution in [2.24, 2.45) is 0 Å². The number of likely N-dealkylation sites (tertiary alicyclic amines) is 1. The Kier molecular flexibility index (Phi) is 5.68. The molecule has 0 atom stereocenters. The molecule has 0 bridgehead atoms. The minimum atomic E-state index is 0.785. The first-order valence-electron chi connectivity index (χ1n) is 4.77. The van der Waals surface area contributed by atoms with Gasteiger partial charge in [-0.15, -0.1) is 0 Å². The molecule has 1 nitrogen and oxygen atoms in total. The van der Waals surface area contributed by atoms with Crippen molar-refractivity contribution < 1.29 is 0 Å². The summed E-state index contributed by atoms with van der Waals surface area (Å²) < 4.78 is 0. The fraction of sp³-hybridized carbons (Fsp3) is 1.00. The van der Waals surface area contributed by atoms with E-state index < -0.39 is 0 Å². The van der Waals surface area contributed by atoms with Gasteiger partial charge < -0.3 is 4.90 Å². The zero-order chi connectivity index (χ0) is 8.81. The molecule has 0 radical (unpaired) electrons. The van der Waals surface area contributed by atoms with Crippen LogP contribution < -0.4 is 0 Å². The third-order valence-electron chi connectivity index (χ3n) is 2.27. The van der Waals surface area contributed by atoms with Crippen LogP contribution in [-0.2, 0) is 0 Å². The zero-order valence-corrected chi connectivity index (χ0v) is 10.2. The quantitative estimate of drug-likeness (QED) is 0.559. The van der Waals surface area contributed by atoms with Crippen LogP contribution in [0.5, 0.6) is 0 Å². The van der Waals surface area contributed by atoms with E-state index in [0.717, 1.165) is 4.83 Å². The first-order valence-corrected chi connectivity index (χ1v) is 6.84. The number of halogens is 1. The summed E-state index contributed by atoms with van der Waals surface area (Å²) in [6.07, 6.45) is 2.66. The normalized spacial score (nSPS) is 21.5. The molecule has 0 unspecified atom stereocenters. The Morgan fingerprint density at radius 2 is 2.08 bits per heavy atom. The van der Waals surface area contributed by atoms with E-state index >= 15 is 0 Å². The lowest BCUT2D eigenvalue weighted by molar-refractivity contribution is 0.248. The Hall–Kier alpha value is 0.790. The summed E-state index contributed by atoms with van der Waals surface area (Å²) >= 11 is 5.71. The minimum absolute atomic E-state index is 0.785. The fourth-order valence-corrected chi connectivity index (χ4v) is 2.55. The van der Waals surface area contributed by atoms with E-state index in [1.165, 1.54) is 44.0 Å². The van der Waals surface area contributed by atoms with Crippen LogP contribution in [0.15, 0.2) is 0 Å². The lowest BCUT2D eigenvalue weighted by atomic mass is 10.1. The summed E-state index contributed by atoms with van der Waals surface area (Å²) in [5.74, 6) is 2.57. The Morgan fingerprint density at radius 1 is 1.42 bits per heavy atom. The largest absolute Gasteiger partial charge is 0.302 e. The van der Waals surface area contributed by atoms with E-state index in [1.807, 2.05) is 11.8 Å². The van der Waals surface area contributed by atoms with Crippen LogP contribution >= 0.6 is 27.7 Å². The Bertz CT molecular complexity index is 113. The van der Waals surface area contributed by atoms with Gasteiger partial charge in [0.2, 0.25) is 0 Å². The molecule has 1 aliphatic rings. The van der Waals surface area contributed by atoms with Gasteiger partial charge in [0.1, 0.15) is 0 Å². The summed E-state index contributed by atoms with van der Waals surface area (Å²) in [4.78, 5) is 3.37. The number of hydrogen-bond donors (Lipinski definition) is 0. The van der Waals surface area contributed by atoms with Crippen LogP contribution in [0.4, 0.5) is 0 Å². The van der Waals surface area contributed by atoms with Crippen molar-refractivity contribution in [3.63, 3.8) is 0 Å². The van der Waals surface area contributed by atoms with Gasteiger partial charge in [-0.2, -0.15) is 11.8 Å². The monoisotopic (exact) mass is 251 g/mol. The number of hydrogen-bond acceptors (Lipinski definition) is 2. The van der Waals surface area contributed by atoms with E-state index in [9.17, 15) is 0 Å². The van der Waals surface area contributed by atoms with Crippen LogP contribution in [0.25, 0.3) is 0 Å². The summed E-state index contributed by atoms with van der Waals surface area (Å²) in [5, 5.41) is 0. The number of thioether (sulfide) groups is 1. The molecule has 1 rings (SSSR count). The Morgan fingerprint density at radius 3 is 2.67 bits per heavy atom. The lowest BCUT2D eigenvalue weighted by Gasteiger charge is -2.29. The van der Waals surface area contributed by atoms with Crippen molar-refractivity contribution in [3.8, 4) is 0 Å². The van der Waals surface area contributed by atoms with Crippen LogP contribution in [0.1, 0.15) is 19.8 Å². The maximum atomic E-state index is 3.67. The summed E-state index contributed by atoms with van der Waals surface area (Å²) in [5.41, 5.74) is 0. The topological polar surface area (TPSA) is 3.24 Å². The highest BCUT2D eigenvalue weighted by molar-refractivity contribution is 9.09. The highest BCUT2D eigenvalue weighted by Gasteiger charge is 2.15. The predicted molar refractivity (Wildman–Crippen MR) is 61.4 cm³/mol. The molecule has 12 heavy (non-hydrogen) atoms. The zero-order valence-electron chi connectivity index (χ0n) is 7.76. The molecule has 1 fully saturated rings. The Labute approximate surface area is 88.4 Å². The van der Waals surface area contributed by atoms with Gasteiger partial charge in [0.15, 0.2) is 0 Å². The van der Waals surface area contributed by atoms with Crippen molar-refractivity contribution in [3.05, 3.63) is 0 Å². The molecule has 3 heteroatoms. The van der Waals surface area contributed by atoms with Gasteiger partial charge in [-0.1, -0.05) is 22.9 Å². The molecule has 0 saturated carbocycles. The molecule has 1 saturated heterocycles. The second-order valence-electron chi connectivity index (χ2n) is 3.21. The second kappa shape index (κ2) is 6.28. The molecular weight excluding hydrogens is 234 g/mol. The van der Waals surface area contributed by atoms with Crippen LogP contribution in [0.2, 0.25) is 0 Å². The third-order valence-corrected chi connectivity index (χ3v) is 4.07. The highest BCUT2D eigenvalue weighted by atomic mass is 79.9. The molecule has 0 aliphatic carbocycles. The maximum absolute atomic E-state index is 3.67. The number of alkyl halides is 1. The van der Waals surface area contributed by atoms with Crippen LogP contribution in [0, 0.1) is 0 Å². The Balaban J connectivity index is 2.01. The van der Waals surface area contributed by atoms with Crippen molar-refractivity contribution in [1.29, 1.82) is 0 Å².